The van der Waals surface area contributed by atoms with Gasteiger partial charge in [0.05, 0.1) is 6.54 Å². The van der Waals surface area contributed by atoms with Crippen molar-refractivity contribution in [3.63, 3.8) is 0 Å². The molecule has 2 nitrogen and oxygen atoms in total. The summed E-state index contributed by atoms with van der Waals surface area (Å²) in [6.45, 7) is 3.20. The molecule has 2 aromatic rings. The minimum atomic E-state index is -7.85. The largest absolute Gasteiger partial charge is 1.00 e. The summed E-state index contributed by atoms with van der Waals surface area (Å²) in [5.41, 5.74) is 0.803. The van der Waals surface area contributed by atoms with Crippen LogP contribution in [0, 0.1) is 6.92 Å². The predicted octanol–water partition coefficient (Wildman–Crippen LogP) is 8.08. The van der Waals surface area contributed by atoms with E-state index in [1.807, 2.05) is 23.9 Å². The fourth-order valence-corrected chi connectivity index (χ4v) is 5.14. The highest BCUT2D eigenvalue weighted by atomic mass is 35.5. The molecular weight excluding hydrogens is 718 g/mol. The molecule has 46 heavy (non-hydrogen) atoms. The van der Waals surface area contributed by atoms with Gasteiger partial charge < -0.3 is 12.4 Å². The fourth-order valence-electron chi connectivity index (χ4n) is 4.62. The van der Waals surface area contributed by atoms with Crippen molar-refractivity contribution in [2.75, 3.05) is 0 Å². The van der Waals surface area contributed by atoms with Crippen LogP contribution in [0.1, 0.15) is 75.6 Å². The summed E-state index contributed by atoms with van der Waals surface area (Å²) in [6.07, 6.45) is -2.19. The molecule has 0 spiro atoms. The molecule has 0 atom stereocenters. The smallest absolute Gasteiger partial charge is 0.460 e. The van der Waals surface area contributed by atoms with Gasteiger partial charge in [-0.2, -0.15) is 57.1 Å². The zero-order valence-corrected chi connectivity index (χ0v) is 26.6. The van der Waals surface area contributed by atoms with Crippen LogP contribution in [0.15, 0.2) is 30.6 Å². The molecule has 0 N–H and O–H groups in total. The first-order valence-electron chi connectivity index (χ1n) is 14.0. The van der Waals surface area contributed by atoms with Crippen molar-refractivity contribution in [1.82, 2.24) is 4.57 Å². The van der Waals surface area contributed by atoms with Crippen LogP contribution in [-0.2, 0) is 13.1 Å². The van der Waals surface area contributed by atoms with E-state index in [9.17, 15) is 57.1 Å². The Hall–Kier alpha value is -1.61. The van der Waals surface area contributed by atoms with Crippen LogP contribution in [-0.4, -0.2) is 40.4 Å². The van der Waals surface area contributed by atoms with E-state index in [1.54, 1.807) is 18.2 Å². The first-order chi connectivity index (χ1) is 20.5. The molecule has 0 bridgehead atoms. The molecule has 0 aliphatic rings. The summed E-state index contributed by atoms with van der Waals surface area (Å²) in [7, 11) is 0. The Morgan fingerprint density at radius 1 is 0.630 bits per heavy atom. The molecule has 266 valence electrons. The average molecular weight is 750 g/mol. The lowest BCUT2D eigenvalue weighted by atomic mass is 9.91. The molecule has 0 unspecified atom stereocenters. The number of hydrogen-bond acceptors (Lipinski definition) is 0. The second-order valence-corrected chi connectivity index (χ2v) is 11.6. The predicted molar refractivity (Wildman–Crippen MR) is 142 cm³/mol. The van der Waals surface area contributed by atoms with Crippen molar-refractivity contribution in [2.45, 2.75) is 120 Å². The molecule has 18 heteroatoms. The van der Waals surface area contributed by atoms with Crippen molar-refractivity contribution in [3.8, 4) is 0 Å². The lowest BCUT2D eigenvalue weighted by molar-refractivity contribution is -0.693. The van der Waals surface area contributed by atoms with Gasteiger partial charge in [-0.3, -0.25) is 0 Å². The van der Waals surface area contributed by atoms with Crippen LogP contribution in [0.5, 0.6) is 0 Å². The first-order valence-corrected chi connectivity index (χ1v) is 14.7. The maximum Gasteiger partial charge on any atom is 0.460 e. The number of halogens is 16. The molecule has 0 amide bonds. The Morgan fingerprint density at radius 2 is 1.07 bits per heavy atom. The van der Waals surface area contributed by atoms with Crippen LogP contribution in [0.25, 0.3) is 0 Å². The Labute approximate surface area is 273 Å². The van der Waals surface area contributed by atoms with Gasteiger partial charge in [-0.05, 0) is 31.4 Å². The van der Waals surface area contributed by atoms with Crippen LogP contribution >= 0.6 is 23.2 Å². The van der Waals surface area contributed by atoms with Gasteiger partial charge in [0.1, 0.15) is 18.9 Å². The second-order valence-electron chi connectivity index (χ2n) is 10.8. The second kappa shape index (κ2) is 16.2. The van der Waals surface area contributed by atoms with E-state index in [-0.39, 0.29) is 25.2 Å². The quantitative estimate of drug-likeness (QED) is 0.0829. The van der Waals surface area contributed by atoms with Crippen molar-refractivity contribution in [3.05, 3.63) is 52.0 Å². The Kier molecular flexibility index (Phi) is 14.9. The van der Waals surface area contributed by atoms with E-state index in [0.717, 1.165) is 43.6 Å². The van der Waals surface area contributed by atoms with Gasteiger partial charge in [0.25, 0.3) is 5.82 Å². The van der Waals surface area contributed by atoms with Crippen LogP contribution < -0.4 is 17.0 Å². The zero-order chi connectivity index (χ0) is 34.5. The maximum atomic E-state index is 13.8. The highest BCUT2D eigenvalue weighted by Gasteiger charge is 2.90. The zero-order valence-electron chi connectivity index (χ0n) is 24.3. The summed E-state index contributed by atoms with van der Waals surface area (Å²) < 4.78 is 175. The van der Waals surface area contributed by atoms with E-state index < -0.39 is 48.6 Å². The lowest BCUT2D eigenvalue weighted by Crippen LogP contribution is -3.00. The van der Waals surface area contributed by atoms with Crippen molar-refractivity contribution in [1.29, 1.82) is 0 Å². The highest BCUT2D eigenvalue weighted by Crippen LogP contribution is 2.60. The number of imidazole rings is 1. The van der Waals surface area contributed by atoms with Gasteiger partial charge in [-0.25, -0.2) is 9.13 Å². The summed E-state index contributed by atoms with van der Waals surface area (Å²) in [5, 5.41) is 1.12. The molecule has 0 aliphatic carbocycles. The molecule has 1 aromatic heterocycles. The average Bonchev–Trinajstić information content (AvgIpc) is 3.26. The third-order valence-electron chi connectivity index (χ3n) is 7.54. The number of nitrogens with zero attached hydrogens (tertiary/aromatic N) is 2. The number of unbranched alkanes of at least 4 members (excludes halogenated alkanes) is 8. The minimum absolute atomic E-state index is 0. The first kappa shape index (κ1) is 42.4. The number of aryl methyl sites for hydroxylation is 1. The topological polar surface area (TPSA) is 8.81 Å². The van der Waals surface area contributed by atoms with Crippen LogP contribution in [0.3, 0.4) is 0 Å². The van der Waals surface area contributed by atoms with Gasteiger partial charge in [-0.1, -0.05) is 67.8 Å². The third kappa shape index (κ3) is 9.09. The molecular formula is C28H32Cl3F13N2. The molecule has 0 aliphatic heterocycles. The van der Waals surface area contributed by atoms with E-state index in [0.29, 0.717) is 29.4 Å². The number of rotatable bonds is 18. The fraction of sp³-hybridized carbons (Fsp3) is 0.679. The van der Waals surface area contributed by atoms with Gasteiger partial charge in [0.15, 0.2) is 0 Å². The molecule has 0 saturated carbocycles. The molecule has 0 radical (unpaired) electrons. The number of benzene rings is 1. The van der Waals surface area contributed by atoms with Crippen LogP contribution in [0.4, 0.5) is 57.1 Å². The van der Waals surface area contributed by atoms with Gasteiger partial charge >= 0.3 is 35.8 Å². The third-order valence-corrected chi connectivity index (χ3v) is 8.24. The van der Waals surface area contributed by atoms with E-state index in [4.69, 9.17) is 23.2 Å². The van der Waals surface area contributed by atoms with Gasteiger partial charge in [-0.15, -0.1) is 0 Å². The number of hydrogen-bond donors (Lipinski definition) is 0. The molecule has 0 fully saturated rings. The molecule has 1 aromatic carbocycles. The van der Waals surface area contributed by atoms with Crippen molar-refractivity contribution >= 4 is 23.2 Å². The summed E-state index contributed by atoms with van der Waals surface area (Å²) in [6, 6.07) is 5.27. The molecule has 2 rings (SSSR count). The van der Waals surface area contributed by atoms with Gasteiger partial charge in [0.2, 0.25) is 0 Å². The van der Waals surface area contributed by atoms with Crippen molar-refractivity contribution in [2.24, 2.45) is 0 Å². The standard InChI is InChI=1S/C28H32Cl2F13N2.ClH/c1-19-44(16-17-45(19)18-20-21(29)12-11-13-22(20)30)15-10-8-6-4-2-3-5-7-9-14-23(31,32)24(33,34)25(35,36)26(37,38)27(39,40)28(41,42)43;/h11-13,16-17H,2-10,14-15,18H2,1H3;1H/q+1;/p-1. The minimum Gasteiger partial charge on any atom is -1.00 e. The Morgan fingerprint density at radius 3 is 1.54 bits per heavy atom. The van der Waals surface area contributed by atoms with Crippen LogP contribution in [0.2, 0.25) is 10.0 Å². The Balaban J connectivity index is 0.0000106. The SMILES string of the molecule is Cc1n(CCCCCCCCCCCC(F)(F)C(F)(F)C(F)(F)C(F)(F)C(F)(F)C(F)(F)F)cc[n+]1Cc1c(Cl)cccc1Cl.[Cl-]. The summed E-state index contributed by atoms with van der Waals surface area (Å²) in [4.78, 5) is 0. The normalized spacial score (nSPS) is 13.7. The lowest BCUT2D eigenvalue weighted by Gasteiger charge is -2.39. The molecule has 1 heterocycles. The number of alkyl halides is 13. The van der Waals surface area contributed by atoms with E-state index in [1.165, 1.54) is 0 Å². The van der Waals surface area contributed by atoms with Crippen molar-refractivity contribution < 1.29 is 74.0 Å². The number of aromatic nitrogens is 2. The monoisotopic (exact) mass is 748 g/mol. The van der Waals surface area contributed by atoms with E-state index in [2.05, 4.69) is 4.57 Å². The highest BCUT2D eigenvalue weighted by molar-refractivity contribution is 6.35. The molecule has 0 saturated heterocycles. The maximum absolute atomic E-state index is 13.8. The summed E-state index contributed by atoms with van der Waals surface area (Å²) >= 11 is 12.5. The summed E-state index contributed by atoms with van der Waals surface area (Å²) in [5.74, 6) is -35.4. The Bertz CT molecular complexity index is 1230. The van der Waals surface area contributed by atoms with Gasteiger partial charge in [0, 0.05) is 29.0 Å². The van der Waals surface area contributed by atoms with E-state index >= 15 is 0 Å².